The number of hydrogen-bond acceptors (Lipinski definition) is 2. The van der Waals surface area contributed by atoms with Crippen LogP contribution < -0.4 is 0 Å². The fourth-order valence-electron chi connectivity index (χ4n) is 1.84. The van der Waals surface area contributed by atoms with Gasteiger partial charge in [0.2, 0.25) is 0 Å². The third-order valence-corrected chi connectivity index (χ3v) is 3.66. The average molecular weight is 282 g/mol. The van der Waals surface area contributed by atoms with E-state index in [2.05, 4.69) is 4.98 Å². The van der Waals surface area contributed by atoms with E-state index >= 15 is 0 Å². The highest BCUT2D eigenvalue weighted by atomic mass is 35.5. The molecule has 0 aliphatic heterocycles. The van der Waals surface area contributed by atoms with Crippen molar-refractivity contribution in [3.05, 3.63) is 39.5 Å². The molecule has 2 nitrogen and oxygen atoms in total. The van der Waals surface area contributed by atoms with Crippen molar-refractivity contribution in [1.29, 1.82) is 0 Å². The SMILES string of the molecule is CC(=O)c1cc(C(C)C)nc2c(Cl)c(Cl)ccc12. The summed E-state index contributed by atoms with van der Waals surface area (Å²) in [4.78, 5) is 16.2. The molecule has 0 bridgehead atoms. The molecule has 0 fully saturated rings. The van der Waals surface area contributed by atoms with E-state index < -0.39 is 0 Å². The molecular formula is C14H13Cl2NO. The van der Waals surface area contributed by atoms with Crippen LogP contribution >= 0.6 is 23.2 Å². The molecular weight excluding hydrogens is 269 g/mol. The third kappa shape index (κ3) is 2.23. The van der Waals surface area contributed by atoms with Gasteiger partial charge in [0.15, 0.2) is 5.78 Å². The Morgan fingerprint density at radius 1 is 1.28 bits per heavy atom. The predicted octanol–water partition coefficient (Wildman–Crippen LogP) is 4.87. The summed E-state index contributed by atoms with van der Waals surface area (Å²) in [5.74, 6) is 0.227. The van der Waals surface area contributed by atoms with Crippen LogP contribution in [0, 0.1) is 0 Å². The Bertz CT molecular complexity index is 635. The molecule has 0 spiro atoms. The number of carbonyl (C=O) groups is 1. The zero-order valence-electron chi connectivity index (χ0n) is 10.4. The molecule has 0 saturated heterocycles. The van der Waals surface area contributed by atoms with Gasteiger partial charge in [-0.05, 0) is 25.0 Å². The normalized spacial score (nSPS) is 11.2. The quantitative estimate of drug-likeness (QED) is 0.736. The van der Waals surface area contributed by atoms with Gasteiger partial charge < -0.3 is 0 Å². The van der Waals surface area contributed by atoms with E-state index in [0.29, 0.717) is 21.1 Å². The minimum Gasteiger partial charge on any atom is -0.294 e. The number of carbonyl (C=O) groups excluding carboxylic acids is 1. The van der Waals surface area contributed by atoms with E-state index in [1.807, 2.05) is 19.9 Å². The number of hydrogen-bond donors (Lipinski definition) is 0. The van der Waals surface area contributed by atoms with E-state index in [1.165, 1.54) is 0 Å². The molecule has 0 aliphatic carbocycles. The second-order valence-corrected chi connectivity index (χ2v) is 5.35. The van der Waals surface area contributed by atoms with E-state index in [9.17, 15) is 4.79 Å². The number of ketones is 1. The number of benzene rings is 1. The fraction of sp³-hybridized carbons (Fsp3) is 0.286. The first-order valence-corrected chi connectivity index (χ1v) is 6.47. The first kappa shape index (κ1) is 13.3. The topological polar surface area (TPSA) is 30.0 Å². The summed E-state index contributed by atoms with van der Waals surface area (Å²) in [5, 5.41) is 1.60. The van der Waals surface area contributed by atoms with Gasteiger partial charge in [0.1, 0.15) is 0 Å². The van der Waals surface area contributed by atoms with Gasteiger partial charge in [0, 0.05) is 16.6 Å². The highest BCUT2D eigenvalue weighted by Gasteiger charge is 2.14. The number of nitrogens with zero attached hydrogens (tertiary/aromatic N) is 1. The molecule has 0 amide bonds. The average Bonchev–Trinajstić information content (AvgIpc) is 2.32. The molecule has 0 saturated carbocycles. The summed E-state index contributed by atoms with van der Waals surface area (Å²) in [6.07, 6.45) is 0. The Labute approximate surface area is 116 Å². The molecule has 0 unspecified atom stereocenters. The molecule has 4 heteroatoms. The van der Waals surface area contributed by atoms with Gasteiger partial charge in [-0.15, -0.1) is 0 Å². The van der Waals surface area contributed by atoms with Crippen molar-refractivity contribution < 1.29 is 4.79 Å². The summed E-state index contributed by atoms with van der Waals surface area (Å²) in [6, 6.07) is 5.31. The first-order chi connectivity index (χ1) is 8.41. The number of Topliss-reactive ketones (excluding diaryl/α,β-unsaturated/α-hetero) is 1. The molecule has 1 heterocycles. The Morgan fingerprint density at radius 2 is 1.94 bits per heavy atom. The van der Waals surface area contributed by atoms with Gasteiger partial charge >= 0.3 is 0 Å². The van der Waals surface area contributed by atoms with Crippen LogP contribution in [0.5, 0.6) is 0 Å². The lowest BCUT2D eigenvalue weighted by Crippen LogP contribution is -2.01. The minimum absolute atomic E-state index is 0.00249. The van der Waals surface area contributed by atoms with E-state index in [1.54, 1.807) is 19.1 Å². The molecule has 0 atom stereocenters. The van der Waals surface area contributed by atoms with Crippen molar-refractivity contribution >= 4 is 39.9 Å². The van der Waals surface area contributed by atoms with Crippen molar-refractivity contribution in [3.8, 4) is 0 Å². The zero-order chi connectivity index (χ0) is 13.4. The standard InChI is InChI=1S/C14H13Cl2NO/c1-7(2)12-6-10(8(3)18)9-4-5-11(15)13(16)14(9)17-12/h4-7H,1-3H3. The lowest BCUT2D eigenvalue weighted by Gasteiger charge is -2.11. The maximum atomic E-state index is 11.7. The van der Waals surface area contributed by atoms with Gasteiger partial charge in [-0.25, -0.2) is 0 Å². The number of fused-ring (bicyclic) bond motifs is 1. The maximum Gasteiger partial charge on any atom is 0.160 e. The Hall–Kier alpha value is -1.12. The molecule has 0 N–H and O–H groups in total. The van der Waals surface area contributed by atoms with Crippen molar-refractivity contribution in [2.45, 2.75) is 26.7 Å². The second-order valence-electron chi connectivity index (χ2n) is 4.56. The van der Waals surface area contributed by atoms with Crippen LogP contribution in [0.3, 0.4) is 0 Å². The molecule has 1 aromatic heterocycles. The van der Waals surface area contributed by atoms with Crippen molar-refractivity contribution in [1.82, 2.24) is 4.98 Å². The summed E-state index contributed by atoms with van der Waals surface area (Å²) < 4.78 is 0. The zero-order valence-corrected chi connectivity index (χ0v) is 11.9. The maximum absolute atomic E-state index is 11.7. The van der Waals surface area contributed by atoms with Crippen molar-refractivity contribution in [2.24, 2.45) is 0 Å². The Kier molecular flexibility index (Phi) is 3.60. The van der Waals surface area contributed by atoms with Crippen molar-refractivity contribution in [3.63, 3.8) is 0 Å². The van der Waals surface area contributed by atoms with Crippen LogP contribution in [0.4, 0.5) is 0 Å². The van der Waals surface area contributed by atoms with Gasteiger partial charge in [-0.3, -0.25) is 9.78 Å². The molecule has 2 rings (SSSR count). The van der Waals surface area contributed by atoms with E-state index in [0.717, 1.165) is 11.1 Å². The molecule has 0 radical (unpaired) electrons. The smallest absolute Gasteiger partial charge is 0.160 e. The highest BCUT2D eigenvalue weighted by Crippen LogP contribution is 2.32. The van der Waals surface area contributed by atoms with Crippen LogP contribution in [0.2, 0.25) is 10.0 Å². The Morgan fingerprint density at radius 3 is 2.50 bits per heavy atom. The van der Waals surface area contributed by atoms with Crippen LogP contribution in [0.15, 0.2) is 18.2 Å². The van der Waals surface area contributed by atoms with Crippen molar-refractivity contribution in [2.75, 3.05) is 0 Å². The molecule has 0 aliphatic rings. The summed E-state index contributed by atoms with van der Waals surface area (Å²) in [7, 11) is 0. The molecule has 2 aromatic rings. The first-order valence-electron chi connectivity index (χ1n) is 5.71. The lowest BCUT2D eigenvalue weighted by atomic mass is 10.0. The molecule has 18 heavy (non-hydrogen) atoms. The van der Waals surface area contributed by atoms with Gasteiger partial charge in [0.25, 0.3) is 0 Å². The minimum atomic E-state index is 0.00249. The lowest BCUT2D eigenvalue weighted by molar-refractivity contribution is 0.101. The number of rotatable bonds is 2. The summed E-state index contributed by atoms with van der Waals surface area (Å²) in [6.45, 7) is 5.59. The van der Waals surface area contributed by atoms with Crippen LogP contribution in [-0.4, -0.2) is 10.8 Å². The van der Waals surface area contributed by atoms with Gasteiger partial charge in [-0.2, -0.15) is 0 Å². The van der Waals surface area contributed by atoms with Crippen LogP contribution in [-0.2, 0) is 0 Å². The highest BCUT2D eigenvalue weighted by molar-refractivity contribution is 6.45. The predicted molar refractivity (Wildman–Crippen MR) is 75.9 cm³/mol. The summed E-state index contributed by atoms with van der Waals surface area (Å²) in [5.41, 5.74) is 2.08. The Balaban J connectivity index is 2.90. The monoisotopic (exact) mass is 281 g/mol. The molecule has 94 valence electrons. The number of aromatic nitrogens is 1. The van der Waals surface area contributed by atoms with E-state index in [-0.39, 0.29) is 11.7 Å². The van der Waals surface area contributed by atoms with Gasteiger partial charge in [-0.1, -0.05) is 43.1 Å². The third-order valence-electron chi connectivity index (χ3n) is 2.86. The van der Waals surface area contributed by atoms with Crippen LogP contribution in [0.1, 0.15) is 42.7 Å². The molecule has 1 aromatic carbocycles. The van der Waals surface area contributed by atoms with Gasteiger partial charge in [0.05, 0.1) is 15.6 Å². The number of pyridine rings is 1. The fourth-order valence-corrected chi connectivity index (χ4v) is 2.20. The number of halogens is 2. The van der Waals surface area contributed by atoms with E-state index in [4.69, 9.17) is 23.2 Å². The second kappa shape index (κ2) is 4.87. The largest absolute Gasteiger partial charge is 0.294 e. The summed E-state index contributed by atoms with van der Waals surface area (Å²) >= 11 is 12.2. The van der Waals surface area contributed by atoms with Crippen LogP contribution in [0.25, 0.3) is 10.9 Å².